The van der Waals surface area contributed by atoms with Crippen LogP contribution in [-0.2, 0) is 0 Å². The van der Waals surface area contributed by atoms with E-state index in [-0.39, 0.29) is 6.10 Å². The molecule has 2 atom stereocenters. The molecule has 0 saturated carbocycles. The Morgan fingerprint density at radius 3 is 2.81 bits per heavy atom. The third kappa shape index (κ3) is 2.04. The van der Waals surface area contributed by atoms with Crippen molar-refractivity contribution in [3.63, 3.8) is 0 Å². The Morgan fingerprint density at radius 2 is 2.25 bits per heavy atom. The molecule has 1 fully saturated rings. The van der Waals surface area contributed by atoms with Crippen LogP contribution in [0.15, 0.2) is 12.1 Å². The number of nitrogens with two attached hydrogens (primary N) is 2. The average molecular weight is 222 g/mol. The van der Waals surface area contributed by atoms with Gasteiger partial charge in [-0.2, -0.15) is 0 Å². The van der Waals surface area contributed by atoms with E-state index >= 15 is 0 Å². The van der Waals surface area contributed by atoms with Crippen LogP contribution in [-0.4, -0.2) is 29.3 Å². The summed E-state index contributed by atoms with van der Waals surface area (Å²) in [4.78, 5) is 6.38. The van der Waals surface area contributed by atoms with Crippen LogP contribution in [0, 0.1) is 5.92 Å². The topological polar surface area (TPSA) is 88.4 Å². The highest BCUT2D eigenvalue weighted by Gasteiger charge is 2.26. The van der Waals surface area contributed by atoms with Crippen LogP contribution in [0.3, 0.4) is 0 Å². The van der Waals surface area contributed by atoms with E-state index in [0.717, 1.165) is 25.3 Å². The van der Waals surface area contributed by atoms with Gasteiger partial charge in [-0.25, -0.2) is 4.98 Å². The molecule has 0 radical (unpaired) electrons. The molecule has 1 aliphatic rings. The van der Waals surface area contributed by atoms with Crippen molar-refractivity contribution in [1.82, 2.24) is 4.98 Å². The van der Waals surface area contributed by atoms with E-state index < -0.39 is 0 Å². The number of anilines is 3. The van der Waals surface area contributed by atoms with Gasteiger partial charge in [-0.15, -0.1) is 0 Å². The van der Waals surface area contributed by atoms with Gasteiger partial charge in [0, 0.05) is 19.0 Å². The minimum absolute atomic E-state index is 0.267. The fourth-order valence-electron chi connectivity index (χ4n) is 2.04. The second-order valence-electron chi connectivity index (χ2n) is 4.38. The molecular weight excluding hydrogens is 204 g/mol. The number of nitrogen functional groups attached to an aromatic ring is 2. The molecule has 0 aliphatic carbocycles. The van der Waals surface area contributed by atoms with E-state index in [1.807, 2.05) is 13.0 Å². The predicted molar refractivity (Wildman–Crippen MR) is 65.1 cm³/mol. The number of hydrogen-bond acceptors (Lipinski definition) is 5. The van der Waals surface area contributed by atoms with E-state index in [0.29, 0.717) is 17.4 Å². The Balaban J connectivity index is 2.11. The van der Waals surface area contributed by atoms with Crippen molar-refractivity contribution in [3.8, 4) is 0 Å². The van der Waals surface area contributed by atoms with Crippen LogP contribution < -0.4 is 16.4 Å². The number of pyridine rings is 1. The summed E-state index contributed by atoms with van der Waals surface area (Å²) in [6, 6.07) is 3.64. The molecule has 5 N–H and O–H groups in total. The molecule has 1 aliphatic heterocycles. The molecule has 88 valence electrons. The summed E-state index contributed by atoms with van der Waals surface area (Å²) in [5.41, 5.74) is 11.8. The number of nitrogens with zero attached hydrogens (tertiary/aromatic N) is 2. The zero-order chi connectivity index (χ0) is 11.7. The van der Waals surface area contributed by atoms with Crippen LogP contribution in [0.2, 0.25) is 0 Å². The molecule has 0 spiro atoms. The van der Waals surface area contributed by atoms with Gasteiger partial charge in [0.25, 0.3) is 0 Å². The standard InChI is InChI=1S/C11H18N4O/c1-7(16)8-4-5-15(6-8)10-3-2-9(12)11(13)14-10/h2-3,7-8,16H,4-6,12H2,1H3,(H2,13,14). The quantitative estimate of drug-likeness (QED) is 0.676. The lowest BCUT2D eigenvalue weighted by Gasteiger charge is -2.19. The molecule has 2 heterocycles. The van der Waals surface area contributed by atoms with Gasteiger partial charge < -0.3 is 21.5 Å². The van der Waals surface area contributed by atoms with Crippen molar-refractivity contribution in [2.75, 3.05) is 29.5 Å². The molecule has 0 aromatic carbocycles. The minimum Gasteiger partial charge on any atom is -0.396 e. The van der Waals surface area contributed by atoms with Gasteiger partial charge >= 0.3 is 0 Å². The summed E-state index contributed by atoms with van der Waals surface area (Å²) < 4.78 is 0. The largest absolute Gasteiger partial charge is 0.396 e. The SMILES string of the molecule is CC(O)C1CCN(c2ccc(N)c(N)n2)C1. The molecule has 2 unspecified atom stereocenters. The molecule has 1 saturated heterocycles. The second kappa shape index (κ2) is 4.17. The highest BCUT2D eigenvalue weighted by Crippen LogP contribution is 2.26. The first-order valence-corrected chi connectivity index (χ1v) is 5.53. The number of rotatable bonds is 2. The third-order valence-electron chi connectivity index (χ3n) is 3.17. The highest BCUT2D eigenvalue weighted by molar-refractivity contribution is 5.62. The molecule has 5 heteroatoms. The van der Waals surface area contributed by atoms with E-state index in [9.17, 15) is 5.11 Å². The van der Waals surface area contributed by atoms with Crippen LogP contribution in [0.5, 0.6) is 0 Å². The Kier molecular flexibility index (Phi) is 2.87. The maximum atomic E-state index is 9.52. The van der Waals surface area contributed by atoms with Crippen LogP contribution in [0.25, 0.3) is 0 Å². The van der Waals surface area contributed by atoms with Crippen LogP contribution in [0.4, 0.5) is 17.3 Å². The van der Waals surface area contributed by atoms with Gasteiger partial charge in [0.15, 0.2) is 0 Å². The lowest BCUT2D eigenvalue weighted by molar-refractivity contribution is 0.136. The fraction of sp³-hybridized carbons (Fsp3) is 0.545. The summed E-state index contributed by atoms with van der Waals surface area (Å²) in [5.74, 6) is 1.54. The first kappa shape index (κ1) is 11.0. The Hall–Kier alpha value is -1.49. The van der Waals surface area contributed by atoms with Gasteiger partial charge in [0.1, 0.15) is 11.6 Å². The summed E-state index contributed by atoms with van der Waals surface area (Å²) >= 11 is 0. The monoisotopic (exact) mass is 222 g/mol. The van der Waals surface area contributed by atoms with Crippen molar-refractivity contribution in [2.45, 2.75) is 19.4 Å². The van der Waals surface area contributed by atoms with Crippen molar-refractivity contribution in [3.05, 3.63) is 12.1 Å². The van der Waals surface area contributed by atoms with Gasteiger partial charge in [-0.1, -0.05) is 0 Å². The first-order chi connectivity index (χ1) is 7.58. The third-order valence-corrected chi connectivity index (χ3v) is 3.17. The van der Waals surface area contributed by atoms with Gasteiger partial charge in [-0.3, -0.25) is 0 Å². The maximum Gasteiger partial charge on any atom is 0.149 e. The highest BCUT2D eigenvalue weighted by atomic mass is 16.3. The summed E-state index contributed by atoms with van der Waals surface area (Å²) in [6.07, 6.45) is 0.722. The molecule has 0 bridgehead atoms. The van der Waals surface area contributed by atoms with Crippen molar-refractivity contribution < 1.29 is 5.11 Å². The normalized spacial score (nSPS) is 22.4. The lowest BCUT2D eigenvalue weighted by atomic mass is 10.0. The van der Waals surface area contributed by atoms with Gasteiger partial charge in [-0.05, 0) is 25.5 Å². The lowest BCUT2D eigenvalue weighted by Crippen LogP contribution is -2.24. The summed E-state index contributed by atoms with van der Waals surface area (Å²) in [7, 11) is 0. The zero-order valence-corrected chi connectivity index (χ0v) is 9.43. The van der Waals surface area contributed by atoms with E-state index in [2.05, 4.69) is 9.88 Å². The van der Waals surface area contributed by atoms with E-state index in [4.69, 9.17) is 11.5 Å². The van der Waals surface area contributed by atoms with Gasteiger partial charge in [0.2, 0.25) is 0 Å². The summed E-state index contributed by atoms with van der Waals surface area (Å²) in [5, 5.41) is 9.52. The molecule has 1 aromatic rings. The fourth-order valence-corrected chi connectivity index (χ4v) is 2.04. The smallest absolute Gasteiger partial charge is 0.149 e. The number of aromatic nitrogens is 1. The van der Waals surface area contributed by atoms with Gasteiger partial charge in [0.05, 0.1) is 11.8 Å². The first-order valence-electron chi connectivity index (χ1n) is 5.53. The van der Waals surface area contributed by atoms with Crippen molar-refractivity contribution in [1.29, 1.82) is 0 Å². The average Bonchev–Trinajstić information content (AvgIpc) is 2.71. The molecule has 0 amide bonds. The predicted octanol–water partition coefficient (Wildman–Crippen LogP) is 0.453. The molecular formula is C11H18N4O. The van der Waals surface area contributed by atoms with Crippen LogP contribution >= 0.6 is 0 Å². The maximum absolute atomic E-state index is 9.52. The molecule has 5 nitrogen and oxygen atoms in total. The zero-order valence-electron chi connectivity index (χ0n) is 9.43. The summed E-state index contributed by atoms with van der Waals surface area (Å²) in [6.45, 7) is 3.57. The van der Waals surface area contributed by atoms with E-state index in [1.165, 1.54) is 0 Å². The second-order valence-corrected chi connectivity index (χ2v) is 4.38. The molecule has 16 heavy (non-hydrogen) atoms. The van der Waals surface area contributed by atoms with Crippen LogP contribution in [0.1, 0.15) is 13.3 Å². The number of hydrogen-bond donors (Lipinski definition) is 3. The molecule has 2 rings (SSSR count). The minimum atomic E-state index is -0.267. The Morgan fingerprint density at radius 1 is 1.50 bits per heavy atom. The van der Waals surface area contributed by atoms with Crippen molar-refractivity contribution in [2.24, 2.45) is 5.92 Å². The molecule has 1 aromatic heterocycles. The number of aliphatic hydroxyl groups is 1. The van der Waals surface area contributed by atoms with E-state index in [1.54, 1.807) is 6.07 Å². The van der Waals surface area contributed by atoms with Crippen molar-refractivity contribution >= 4 is 17.3 Å². The number of aliphatic hydroxyl groups excluding tert-OH is 1. The Bertz CT molecular complexity index is 380. The Labute approximate surface area is 95.1 Å².